The summed E-state index contributed by atoms with van der Waals surface area (Å²) < 4.78 is 16.3. The molecule has 0 spiro atoms. The Morgan fingerprint density at radius 1 is 1.18 bits per heavy atom. The fraction of sp³-hybridized carbons (Fsp3) is 0.500. The van der Waals surface area contributed by atoms with Crippen LogP contribution in [0.25, 0.3) is 0 Å². The smallest absolute Gasteiger partial charge is 0.302 e. The maximum absolute atomic E-state index is 11.2. The average Bonchev–Trinajstić information content (AvgIpc) is 2.48. The van der Waals surface area contributed by atoms with Gasteiger partial charge in [0, 0.05) is 18.7 Å². The number of hydrogen-bond acceptors (Lipinski definition) is 6. The van der Waals surface area contributed by atoms with E-state index in [9.17, 15) is 9.59 Å². The van der Waals surface area contributed by atoms with E-state index in [4.69, 9.17) is 14.2 Å². The quantitative estimate of drug-likeness (QED) is 0.776. The molecule has 1 aromatic rings. The van der Waals surface area contributed by atoms with E-state index in [0.29, 0.717) is 6.42 Å². The first-order chi connectivity index (χ1) is 10.5. The van der Waals surface area contributed by atoms with Gasteiger partial charge in [0.2, 0.25) is 0 Å². The average molecular weight is 324 g/mol. The van der Waals surface area contributed by atoms with Gasteiger partial charge in [0.05, 0.1) is 0 Å². The molecule has 1 aliphatic heterocycles. The summed E-state index contributed by atoms with van der Waals surface area (Å²) in [6.45, 7) is 2.81. The second-order valence-electron chi connectivity index (χ2n) is 5.06. The molecule has 0 N–H and O–H groups in total. The molecule has 2 rings (SSSR count). The molecule has 6 heteroatoms. The Bertz CT molecular complexity index is 505. The molecule has 0 saturated carbocycles. The van der Waals surface area contributed by atoms with Crippen molar-refractivity contribution >= 4 is 23.7 Å². The number of benzene rings is 1. The SMILES string of the molecule is CC(=O)OC[C@@H]1O[C@H](Sc2ccccc2)CC[C@H]1OC(C)=O. The predicted molar refractivity (Wildman–Crippen MR) is 82.4 cm³/mol. The second kappa shape index (κ2) is 8.19. The fourth-order valence-electron chi connectivity index (χ4n) is 2.27. The summed E-state index contributed by atoms with van der Waals surface area (Å²) in [6, 6.07) is 9.96. The van der Waals surface area contributed by atoms with E-state index in [1.54, 1.807) is 11.8 Å². The zero-order valence-electron chi connectivity index (χ0n) is 12.7. The monoisotopic (exact) mass is 324 g/mol. The molecule has 0 bridgehead atoms. The number of esters is 2. The van der Waals surface area contributed by atoms with Crippen molar-refractivity contribution < 1.29 is 23.8 Å². The topological polar surface area (TPSA) is 61.8 Å². The summed E-state index contributed by atoms with van der Waals surface area (Å²) in [4.78, 5) is 23.3. The summed E-state index contributed by atoms with van der Waals surface area (Å²) >= 11 is 1.62. The van der Waals surface area contributed by atoms with E-state index in [1.807, 2.05) is 30.3 Å². The van der Waals surface area contributed by atoms with Gasteiger partial charge in [-0.1, -0.05) is 30.0 Å². The second-order valence-corrected chi connectivity index (χ2v) is 6.30. The number of carbonyl (C=O) groups excluding carboxylic acids is 2. The molecule has 5 nitrogen and oxygen atoms in total. The minimum atomic E-state index is -0.428. The van der Waals surface area contributed by atoms with Gasteiger partial charge < -0.3 is 14.2 Å². The van der Waals surface area contributed by atoms with Gasteiger partial charge in [0.1, 0.15) is 24.3 Å². The highest BCUT2D eigenvalue weighted by atomic mass is 32.2. The molecule has 1 aliphatic rings. The molecule has 0 amide bonds. The van der Waals surface area contributed by atoms with Crippen LogP contribution in [0, 0.1) is 0 Å². The van der Waals surface area contributed by atoms with Gasteiger partial charge in [-0.15, -0.1) is 0 Å². The zero-order chi connectivity index (χ0) is 15.9. The summed E-state index contributed by atoms with van der Waals surface area (Å²) in [6.07, 6.45) is 0.664. The lowest BCUT2D eigenvalue weighted by molar-refractivity contribution is -0.172. The molecule has 1 heterocycles. The summed E-state index contributed by atoms with van der Waals surface area (Å²) in [5.74, 6) is -0.724. The molecule has 0 aromatic heterocycles. The van der Waals surface area contributed by atoms with Gasteiger partial charge in [-0.25, -0.2) is 0 Å². The molecule has 0 aliphatic carbocycles. The Morgan fingerprint density at radius 2 is 1.91 bits per heavy atom. The van der Waals surface area contributed by atoms with E-state index in [2.05, 4.69) is 0 Å². The molecule has 1 aromatic carbocycles. The molecule has 3 atom stereocenters. The normalized spacial score (nSPS) is 24.5. The van der Waals surface area contributed by atoms with Gasteiger partial charge in [-0.2, -0.15) is 0 Å². The van der Waals surface area contributed by atoms with Gasteiger partial charge in [-0.3, -0.25) is 9.59 Å². The summed E-state index contributed by atoms with van der Waals surface area (Å²) in [5.41, 5.74) is -0.0465. The van der Waals surface area contributed by atoms with E-state index in [1.165, 1.54) is 13.8 Å². The van der Waals surface area contributed by atoms with Gasteiger partial charge in [0.15, 0.2) is 0 Å². The van der Waals surface area contributed by atoms with E-state index in [0.717, 1.165) is 11.3 Å². The Kier molecular flexibility index (Phi) is 6.27. The van der Waals surface area contributed by atoms with Gasteiger partial charge >= 0.3 is 11.9 Å². The Hall–Kier alpha value is -1.53. The minimum Gasteiger partial charge on any atom is -0.463 e. The minimum absolute atomic E-state index is 0.0465. The van der Waals surface area contributed by atoms with Crippen LogP contribution in [0.3, 0.4) is 0 Å². The molecule has 1 saturated heterocycles. The molecule has 120 valence electrons. The highest BCUT2D eigenvalue weighted by Crippen LogP contribution is 2.33. The van der Waals surface area contributed by atoms with E-state index in [-0.39, 0.29) is 30.1 Å². The maximum Gasteiger partial charge on any atom is 0.302 e. The van der Waals surface area contributed by atoms with Crippen LogP contribution in [0.4, 0.5) is 0 Å². The van der Waals surface area contributed by atoms with E-state index < -0.39 is 6.10 Å². The van der Waals surface area contributed by atoms with Crippen LogP contribution < -0.4 is 0 Å². The van der Waals surface area contributed by atoms with Gasteiger partial charge in [0.25, 0.3) is 0 Å². The molecular formula is C16H20O5S. The number of thioether (sulfide) groups is 1. The van der Waals surface area contributed by atoms with E-state index >= 15 is 0 Å². The largest absolute Gasteiger partial charge is 0.463 e. The number of rotatable bonds is 5. The van der Waals surface area contributed by atoms with Crippen molar-refractivity contribution in [2.45, 2.75) is 49.2 Å². The Balaban J connectivity index is 1.96. The first-order valence-corrected chi connectivity index (χ1v) is 8.10. The third kappa shape index (κ3) is 5.35. The Morgan fingerprint density at radius 3 is 2.55 bits per heavy atom. The predicted octanol–water partition coefficient (Wildman–Crippen LogP) is 2.78. The summed E-state index contributed by atoms with van der Waals surface area (Å²) in [7, 11) is 0. The van der Waals surface area contributed by atoms with Crippen LogP contribution in [0.15, 0.2) is 35.2 Å². The standard InChI is InChI=1S/C16H20O5S/c1-11(17)19-10-15-14(20-12(2)18)8-9-16(21-15)22-13-6-4-3-5-7-13/h3-7,14-16H,8-10H2,1-2H3/t14-,15+,16-/m1/s1. The first-order valence-electron chi connectivity index (χ1n) is 7.22. The zero-order valence-corrected chi connectivity index (χ0v) is 13.5. The molecule has 1 fully saturated rings. The molecule has 0 unspecified atom stereocenters. The fourth-order valence-corrected chi connectivity index (χ4v) is 3.34. The third-order valence-electron chi connectivity index (χ3n) is 3.21. The van der Waals surface area contributed by atoms with Gasteiger partial charge in [-0.05, 0) is 25.0 Å². The van der Waals surface area contributed by atoms with Crippen molar-refractivity contribution in [1.29, 1.82) is 0 Å². The van der Waals surface area contributed by atoms with Crippen LogP contribution in [0.5, 0.6) is 0 Å². The van der Waals surface area contributed by atoms with Crippen molar-refractivity contribution in [3.63, 3.8) is 0 Å². The van der Waals surface area contributed by atoms with Crippen LogP contribution in [0.1, 0.15) is 26.7 Å². The molecule has 22 heavy (non-hydrogen) atoms. The lowest BCUT2D eigenvalue weighted by atomic mass is 10.1. The van der Waals surface area contributed by atoms with Crippen LogP contribution in [-0.4, -0.2) is 36.2 Å². The van der Waals surface area contributed by atoms with Crippen molar-refractivity contribution in [2.24, 2.45) is 0 Å². The highest BCUT2D eigenvalue weighted by Gasteiger charge is 2.34. The van der Waals surface area contributed by atoms with Crippen LogP contribution in [0.2, 0.25) is 0 Å². The Labute approximate surface area is 134 Å². The number of hydrogen-bond donors (Lipinski definition) is 0. The number of ether oxygens (including phenoxy) is 3. The van der Waals surface area contributed by atoms with Crippen molar-refractivity contribution in [1.82, 2.24) is 0 Å². The van der Waals surface area contributed by atoms with Crippen molar-refractivity contribution in [3.8, 4) is 0 Å². The lowest BCUT2D eigenvalue weighted by Crippen LogP contribution is -2.43. The number of carbonyl (C=O) groups is 2. The first kappa shape index (κ1) is 16.8. The van der Waals surface area contributed by atoms with Crippen molar-refractivity contribution in [3.05, 3.63) is 30.3 Å². The lowest BCUT2D eigenvalue weighted by Gasteiger charge is -2.35. The third-order valence-corrected chi connectivity index (χ3v) is 4.36. The van der Waals surface area contributed by atoms with Crippen LogP contribution in [-0.2, 0) is 23.8 Å². The molecule has 0 radical (unpaired) electrons. The maximum atomic E-state index is 11.2. The highest BCUT2D eigenvalue weighted by molar-refractivity contribution is 7.99. The summed E-state index contributed by atoms with van der Waals surface area (Å²) in [5, 5.41) is 0. The van der Waals surface area contributed by atoms with Crippen molar-refractivity contribution in [2.75, 3.05) is 6.61 Å². The van der Waals surface area contributed by atoms with Crippen LogP contribution >= 0.6 is 11.8 Å². The molecular weight excluding hydrogens is 304 g/mol.